The minimum Gasteiger partial charge on any atom is -0.376 e. The van der Waals surface area contributed by atoms with Crippen LogP contribution in [-0.4, -0.2) is 40.9 Å². The van der Waals surface area contributed by atoms with Crippen LogP contribution in [-0.2, 0) is 9.63 Å². The highest BCUT2D eigenvalue weighted by atomic mass is 35.5. The molecule has 0 aliphatic carbocycles. The van der Waals surface area contributed by atoms with Crippen LogP contribution in [0, 0.1) is 0 Å². The molecule has 1 aromatic carbocycles. The zero-order chi connectivity index (χ0) is 20.2. The number of hydrogen-bond donors (Lipinski definition) is 4. The Kier molecular flexibility index (Phi) is 6.15. The van der Waals surface area contributed by atoms with Gasteiger partial charge >= 0.3 is 0 Å². The number of nitrogens with one attached hydrogen (secondary N) is 4. The molecule has 1 saturated heterocycles. The summed E-state index contributed by atoms with van der Waals surface area (Å²) >= 11 is 13.5. The SMILES string of the molecule is O=CCNc1cc(Cl)c(C2CCCONC2)c(Cl)c1Nc1ncnc2[nH]ccc12. The summed E-state index contributed by atoms with van der Waals surface area (Å²) in [7, 11) is 0. The Bertz CT molecular complexity index is 1020. The van der Waals surface area contributed by atoms with Crippen LogP contribution in [0.25, 0.3) is 11.0 Å². The first-order valence-electron chi connectivity index (χ1n) is 9.28. The molecule has 4 rings (SSSR count). The number of anilines is 3. The van der Waals surface area contributed by atoms with E-state index < -0.39 is 0 Å². The van der Waals surface area contributed by atoms with E-state index >= 15 is 0 Å². The molecule has 10 heteroatoms. The van der Waals surface area contributed by atoms with Crippen LogP contribution in [0.2, 0.25) is 10.0 Å². The molecule has 0 spiro atoms. The maximum atomic E-state index is 10.9. The van der Waals surface area contributed by atoms with Crippen molar-refractivity contribution in [3.05, 3.63) is 40.3 Å². The lowest BCUT2D eigenvalue weighted by atomic mass is 9.93. The number of aromatic nitrogens is 3. The van der Waals surface area contributed by atoms with E-state index in [2.05, 4.69) is 31.1 Å². The van der Waals surface area contributed by atoms with Crippen molar-refractivity contribution in [2.45, 2.75) is 18.8 Å². The molecule has 2 aromatic heterocycles. The standard InChI is InChI=1S/C19H20Cl2N6O2/c20-13-8-14(22-5-6-28)17(16(21)15(13)11-2-1-7-29-26-9-11)27-19-12-3-4-23-18(12)24-10-25-19/h3-4,6,8,10-11,22,26H,1-2,5,7,9H2,(H2,23,24,25,27). The van der Waals surface area contributed by atoms with Gasteiger partial charge in [0, 0.05) is 23.7 Å². The van der Waals surface area contributed by atoms with Crippen LogP contribution in [0.1, 0.15) is 24.3 Å². The highest BCUT2D eigenvalue weighted by molar-refractivity contribution is 6.39. The fraction of sp³-hybridized carbons (Fsp3) is 0.316. The molecular weight excluding hydrogens is 415 g/mol. The van der Waals surface area contributed by atoms with E-state index in [1.807, 2.05) is 6.07 Å². The third kappa shape index (κ3) is 4.16. The van der Waals surface area contributed by atoms with Crippen molar-refractivity contribution < 1.29 is 9.63 Å². The Morgan fingerprint density at radius 2 is 2.24 bits per heavy atom. The molecule has 8 nitrogen and oxygen atoms in total. The summed E-state index contributed by atoms with van der Waals surface area (Å²) in [6.45, 7) is 1.38. The van der Waals surface area contributed by atoms with Crippen molar-refractivity contribution >= 4 is 57.7 Å². The molecule has 0 bridgehead atoms. The number of aromatic amines is 1. The number of carbonyl (C=O) groups excluding carboxylic acids is 1. The summed E-state index contributed by atoms with van der Waals surface area (Å²) in [5, 5.41) is 8.22. The van der Waals surface area contributed by atoms with Crippen molar-refractivity contribution in [3.63, 3.8) is 0 Å². The predicted molar refractivity (Wildman–Crippen MR) is 114 cm³/mol. The Morgan fingerprint density at radius 3 is 3.10 bits per heavy atom. The zero-order valence-corrected chi connectivity index (χ0v) is 17.0. The van der Waals surface area contributed by atoms with E-state index in [9.17, 15) is 4.79 Å². The second kappa shape index (κ2) is 8.96. The summed E-state index contributed by atoms with van der Waals surface area (Å²) in [5.74, 6) is 0.693. The molecular formula is C19H20Cl2N6O2. The second-order valence-corrected chi connectivity index (χ2v) is 7.46. The first-order valence-corrected chi connectivity index (χ1v) is 10.0. The molecule has 3 heterocycles. The highest BCUT2D eigenvalue weighted by Gasteiger charge is 2.25. The van der Waals surface area contributed by atoms with E-state index in [0.717, 1.165) is 30.1 Å². The maximum absolute atomic E-state index is 10.9. The van der Waals surface area contributed by atoms with Gasteiger partial charge in [0.05, 0.1) is 34.9 Å². The fourth-order valence-corrected chi connectivity index (χ4v) is 4.31. The van der Waals surface area contributed by atoms with E-state index in [0.29, 0.717) is 46.0 Å². The molecule has 0 amide bonds. The number of carbonyl (C=O) groups is 1. The lowest BCUT2D eigenvalue weighted by Gasteiger charge is -2.23. The van der Waals surface area contributed by atoms with Gasteiger partial charge in [-0.3, -0.25) is 0 Å². The summed E-state index contributed by atoms with van der Waals surface area (Å²) < 4.78 is 0. The Balaban J connectivity index is 1.79. The van der Waals surface area contributed by atoms with E-state index in [4.69, 9.17) is 28.0 Å². The van der Waals surface area contributed by atoms with Gasteiger partial charge in [-0.1, -0.05) is 23.2 Å². The van der Waals surface area contributed by atoms with E-state index in [1.54, 1.807) is 12.3 Å². The van der Waals surface area contributed by atoms with Crippen LogP contribution in [0.3, 0.4) is 0 Å². The third-order valence-electron chi connectivity index (χ3n) is 4.87. The summed E-state index contributed by atoms with van der Waals surface area (Å²) in [4.78, 5) is 27.9. The van der Waals surface area contributed by atoms with Gasteiger partial charge in [0.25, 0.3) is 0 Å². The van der Waals surface area contributed by atoms with Crippen LogP contribution in [0.5, 0.6) is 0 Å². The summed E-state index contributed by atoms with van der Waals surface area (Å²) in [6, 6.07) is 3.67. The van der Waals surface area contributed by atoms with Gasteiger partial charge in [0.15, 0.2) is 0 Å². The topological polar surface area (TPSA) is 104 Å². The van der Waals surface area contributed by atoms with E-state index in [-0.39, 0.29) is 12.5 Å². The van der Waals surface area contributed by atoms with Gasteiger partial charge in [-0.15, -0.1) is 0 Å². The number of aldehydes is 1. The predicted octanol–water partition coefficient (Wildman–Crippen LogP) is 4.02. The lowest BCUT2D eigenvalue weighted by Crippen LogP contribution is -2.19. The molecule has 1 fully saturated rings. The van der Waals surface area contributed by atoms with Crippen molar-refractivity contribution in [2.24, 2.45) is 0 Å². The zero-order valence-electron chi connectivity index (χ0n) is 15.5. The lowest BCUT2D eigenvalue weighted by molar-refractivity contribution is -0.106. The number of halogens is 2. The van der Waals surface area contributed by atoms with Crippen LogP contribution in [0.15, 0.2) is 24.7 Å². The number of hydroxylamine groups is 1. The van der Waals surface area contributed by atoms with Gasteiger partial charge < -0.3 is 25.2 Å². The number of H-pyrrole nitrogens is 1. The van der Waals surface area contributed by atoms with Gasteiger partial charge in [-0.2, -0.15) is 0 Å². The van der Waals surface area contributed by atoms with Crippen molar-refractivity contribution in [2.75, 3.05) is 30.3 Å². The van der Waals surface area contributed by atoms with Crippen molar-refractivity contribution in [3.8, 4) is 0 Å². The van der Waals surface area contributed by atoms with Crippen molar-refractivity contribution in [1.82, 2.24) is 20.4 Å². The minimum absolute atomic E-state index is 0.0934. The highest BCUT2D eigenvalue weighted by Crippen LogP contribution is 2.44. The molecule has 3 aromatic rings. The third-order valence-corrected chi connectivity index (χ3v) is 5.57. The first-order chi connectivity index (χ1) is 14.2. The smallest absolute Gasteiger partial charge is 0.143 e. The van der Waals surface area contributed by atoms with E-state index in [1.165, 1.54) is 6.33 Å². The minimum atomic E-state index is 0.0934. The number of fused-ring (bicyclic) bond motifs is 1. The average Bonchev–Trinajstić information content (AvgIpc) is 3.05. The Labute approximate surface area is 177 Å². The van der Waals surface area contributed by atoms with Gasteiger partial charge in [0.2, 0.25) is 0 Å². The number of nitrogens with zero attached hydrogens (tertiary/aromatic N) is 2. The Hall–Kier alpha value is -2.39. The van der Waals surface area contributed by atoms with Gasteiger partial charge in [-0.25, -0.2) is 15.4 Å². The molecule has 1 atom stereocenters. The summed E-state index contributed by atoms with van der Waals surface area (Å²) in [6.07, 6.45) is 5.83. The van der Waals surface area contributed by atoms with Gasteiger partial charge in [-0.05, 0) is 30.5 Å². The molecule has 1 aliphatic rings. The molecule has 0 saturated carbocycles. The largest absolute Gasteiger partial charge is 0.376 e. The van der Waals surface area contributed by atoms with Crippen molar-refractivity contribution in [1.29, 1.82) is 0 Å². The second-order valence-electron chi connectivity index (χ2n) is 6.68. The number of benzene rings is 1. The number of rotatable bonds is 6. The van der Waals surface area contributed by atoms with Crippen LogP contribution >= 0.6 is 23.2 Å². The fourth-order valence-electron chi connectivity index (χ4n) is 3.49. The van der Waals surface area contributed by atoms with Gasteiger partial charge in [0.1, 0.15) is 24.1 Å². The molecule has 29 heavy (non-hydrogen) atoms. The maximum Gasteiger partial charge on any atom is 0.143 e. The summed E-state index contributed by atoms with van der Waals surface area (Å²) in [5.41, 5.74) is 5.74. The molecule has 4 N–H and O–H groups in total. The monoisotopic (exact) mass is 434 g/mol. The quantitative estimate of drug-likeness (QED) is 0.434. The van der Waals surface area contributed by atoms with Crippen LogP contribution < -0.4 is 16.1 Å². The normalized spacial score (nSPS) is 17.1. The number of hydrogen-bond acceptors (Lipinski definition) is 7. The molecule has 1 unspecified atom stereocenters. The molecule has 0 radical (unpaired) electrons. The average molecular weight is 435 g/mol. The first kappa shape index (κ1) is 19.9. The van der Waals surface area contributed by atoms with Crippen LogP contribution in [0.4, 0.5) is 17.2 Å². The molecule has 152 valence electrons. The Morgan fingerprint density at radius 1 is 1.34 bits per heavy atom. The molecule has 1 aliphatic heterocycles.